The molecule has 0 radical (unpaired) electrons. The highest BCUT2D eigenvalue weighted by atomic mass is 32.2. The largest absolute Gasteiger partial charge is 0.490 e. The van der Waals surface area contributed by atoms with E-state index < -0.39 is 34.1 Å². The number of carbonyl (C=O) groups is 2. The molecular formula is C37H48N4O9S. The number of amides is 3. The van der Waals surface area contributed by atoms with E-state index in [2.05, 4.69) is 10.6 Å². The summed E-state index contributed by atoms with van der Waals surface area (Å²) in [6.07, 6.45) is 1.41. The number of carbonyl (C=O) groups excluding carboxylic acids is 2. The molecule has 0 saturated heterocycles. The number of aliphatic hydroxyl groups excluding tert-OH is 1. The Bertz CT molecular complexity index is 1790. The summed E-state index contributed by atoms with van der Waals surface area (Å²) in [4.78, 5) is 29.2. The van der Waals surface area contributed by atoms with Gasteiger partial charge in [-0.15, -0.1) is 0 Å². The van der Waals surface area contributed by atoms with Gasteiger partial charge in [0.05, 0.1) is 35.3 Å². The third-order valence-corrected chi connectivity index (χ3v) is 10.9. The van der Waals surface area contributed by atoms with Crippen molar-refractivity contribution in [1.82, 2.24) is 9.21 Å². The summed E-state index contributed by atoms with van der Waals surface area (Å²) < 4.78 is 51.6. The van der Waals surface area contributed by atoms with Gasteiger partial charge in [-0.25, -0.2) is 13.2 Å². The monoisotopic (exact) mass is 724 g/mol. The van der Waals surface area contributed by atoms with Gasteiger partial charge in [-0.1, -0.05) is 24.6 Å². The number of benzene rings is 3. The Balaban J connectivity index is 1.39. The number of urea groups is 1. The second kappa shape index (κ2) is 16.8. The van der Waals surface area contributed by atoms with E-state index in [0.29, 0.717) is 41.7 Å². The third-order valence-electron chi connectivity index (χ3n) is 9.11. The van der Waals surface area contributed by atoms with E-state index in [-0.39, 0.29) is 49.0 Å². The highest BCUT2D eigenvalue weighted by molar-refractivity contribution is 7.89. The van der Waals surface area contributed by atoms with E-state index in [1.165, 1.54) is 11.4 Å². The summed E-state index contributed by atoms with van der Waals surface area (Å²) in [6, 6.07) is 15.5. The van der Waals surface area contributed by atoms with Crippen molar-refractivity contribution in [2.45, 2.75) is 70.1 Å². The smallest absolute Gasteiger partial charge is 0.323 e. The molecule has 0 aromatic heterocycles. The van der Waals surface area contributed by atoms with Gasteiger partial charge in [0.2, 0.25) is 16.8 Å². The van der Waals surface area contributed by atoms with E-state index in [4.69, 9.17) is 18.9 Å². The summed E-state index contributed by atoms with van der Waals surface area (Å²) in [5, 5.41) is 15.8. The quantitative estimate of drug-likeness (QED) is 0.274. The first-order chi connectivity index (χ1) is 24.3. The number of nitrogens with zero attached hydrogens (tertiary/aromatic N) is 2. The second-order valence-corrected chi connectivity index (χ2v) is 15.3. The topological polar surface area (TPSA) is 156 Å². The molecule has 0 saturated carbocycles. The number of likely N-dealkylation sites (N-methyl/N-ethyl adjacent to an activating group) is 1. The van der Waals surface area contributed by atoms with Crippen LogP contribution in [0.25, 0.3) is 0 Å². The molecule has 2 aliphatic heterocycles. The molecule has 2 heterocycles. The Kier molecular flexibility index (Phi) is 12.5. The minimum atomic E-state index is -3.80. The highest BCUT2D eigenvalue weighted by Crippen LogP contribution is 2.34. The molecule has 3 aromatic carbocycles. The molecule has 0 aliphatic carbocycles. The van der Waals surface area contributed by atoms with Crippen molar-refractivity contribution in [3.8, 4) is 17.2 Å². The fourth-order valence-corrected chi connectivity index (χ4v) is 7.16. The normalized spacial score (nSPS) is 20.6. The highest BCUT2D eigenvalue weighted by Gasteiger charge is 2.32. The average Bonchev–Trinajstić information content (AvgIpc) is 3.57. The molecular weight excluding hydrogens is 676 g/mol. The van der Waals surface area contributed by atoms with E-state index in [1.54, 1.807) is 72.5 Å². The predicted molar refractivity (Wildman–Crippen MR) is 193 cm³/mol. The molecule has 4 atom stereocenters. The van der Waals surface area contributed by atoms with E-state index in [0.717, 1.165) is 18.4 Å². The Morgan fingerprint density at radius 2 is 1.65 bits per heavy atom. The van der Waals surface area contributed by atoms with Gasteiger partial charge in [0.15, 0.2) is 11.5 Å². The van der Waals surface area contributed by atoms with Crippen LogP contribution >= 0.6 is 0 Å². The van der Waals surface area contributed by atoms with Gasteiger partial charge >= 0.3 is 6.03 Å². The number of sulfonamides is 1. The number of nitrogens with one attached hydrogen (secondary N) is 2. The maximum absolute atomic E-state index is 14.4. The van der Waals surface area contributed by atoms with Crippen LogP contribution in [0.4, 0.5) is 16.2 Å². The number of aliphatic hydroxyl groups is 1. The summed E-state index contributed by atoms with van der Waals surface area (Å²) >= 11 is 0. The molecule has 51 heavy (non-hydrogen) atoms. The fourth-order valence-electron chi connectivity index (χ4n) is 5.97. The van der Waals surface area contributed by atoms with Gasteiger partial charge in [0.25, 0.3) is 5.91 Å². The standard InChI is InChI=1S/C37H48N4O9S/c1-24-9-13-30(14-10-24)51(45,46)40(5)21-35-25(2)20-41(26(3)22-42)36(43)31-18-28(11-15-32(31)50-27(4)8-6-7-17-47-35)38-37(44)39-29-12-16-33-34(19-29)49-23-48-33/h9-16,18-19,25-27,35,42H,6-8,17,20-23H2,1-5H3,(H2,38,39,44)/t25-,26+,27+,35-/m1/s1. The first-order valence-electron chi connectivity index (χ1n) is 17.2. The Hall–Kier alpha value is -4.37. The summed E-state index contributed by atoms with van der Waals surface area (Å²) in [5.74, 6) is 0.717. The molecule has 3 aromatic rings. The van der Waals surface area contributed by atoms with Crippen molar-refractivity contribution < 1.29 is 42.1 Å². The molecule has 276 valence electrons. The SMILES string of the molecule is Cc1ccc(S(=O)(=O)N(C)C[C@H]2OCCCC[C@H](C)Oc3ccc(NC(=O)Nc4ccc5c(c4)OCO5)cc3C(=O)N([C@@H](C)CO)C[C@H]2C)cc1. The van der Waals surface area contributed by atoms with Crippen LogP contribution in [0, 0.1) is 12.8 Å². The maximum Gasteiger partial charge on any atom is 0.323 e. The number of hydrogen-bond acceptors (Lipinski definition) is 9. The molecule has 0 spiro atoms. The number of aryl methyl sites for hydroxylation is 1. The van der Waals surface area contributed by atoms with E-state index >= 15 is 0 Å². The Morgan fingerprint density at radius 3 is 2.35 bits per heavy atom. The van der Waals surface area contributed by atoms with Crippen LogP contribution in [-0.2, 0) is 14.8 Å². The van der Waals surface area contributed by atoms with Gasteiger partial charge in [0, 0.05) is 50.1 Å². The van der Waals surface area contributed by atoms with Crippen molar-refractivity contribution in [1.29, 1.82) is 0 Å². The maximum atomic E-state index is 14.4. The predicted octanol–water partition coefficient (Wildman–Crippen LogP) is 5.48. The van der Waals surface area contributed by atoms with Crippen LogP contribution in [0.3, 0.4) is 0 Å². The molecule has 3 amide bonds. The van der Waals surface area contributed by atoms with Crippen LogP contribution in [0.2, 0.25) is 0 Å². The second-order valence-electron chi connectivity index (χ2n) is 13.3. The molecule has 5 rings (SSSR count). The number of ether oxygens (including phenoxy) is 4. The van der Waals surface area contributed by atoms with Crippen molar-refractivity contribution >= 4 is 33.3 Å². The number of rotatable bonds is 8. The molecule has 2 aliphatic rings. The molecule has 3 N–H and O–H groups in total. The first kappa shape index (κ1) is 37.9. The number of hydrogen-bond donors (Lipinski definition) is 3. The van der Waals surface area contributed by atoms with Crippen molar-refractivity contribution in [3.05, 3.63) is 71.8 Å². The van der Waals surface area contributed by atoms with Crippen LogP contribution in [0.5, 0.6) is 17.2 Å². The lowest BCUT2D eigenvalue weighted by Gasteiger charge is -2.35. The fraction of sp³-hybridized carbons (Fsp3) is 0.459. The zero-order valence-corrected chi connectivity index (χ0v) is 30.6. The number of fused-ring (bicyclic) bond motifs is 2. The van der Waals surface area contributed by atoms with Crippen LogP contribution in [-0.4, -0.2) is 93.1 Å². The Labute approximate surface area is 299 Å². The van der Waals surface area contributed by atoms with Crippen molar-refractivity contribution in [2.75, 3.05) is 50.8 Å². The third kappa shape index (κ3) is 9.50. The average molecular weight is 725 g/mol. The van der Waals surface area contributed by atoms with Crippen LogP contribution in [0.15, 0.2) is 65.6 Å². The van der Waals surface area contributed by atoms with Crippen molar-refractivity contribution in [2.24, 2.45) is 5.92 Å². The lowest BCUT2D eigenvalue weighted by atomic mass is 10.0. The minimum Gasteiger partial charge on any atom is -0.490 e. The zero-order chi connectivity index (χ0) is 36.7. The zero-order valence-electron chi connectivity index (χ0n) is 29.8. The minimum absolute atomic E-state index is 0.0650. The molecule has 13 nitrogen and oxygen atoms in total. The van der Waals surface area contributed by atoms with Crippen LogP contribution < -0.4 is 24.8 Å². The first-order valence-corrected chi connectivity index (χ1v) is 18.6. The number of anilines is 2. The lowest BCUT2D eigenvalue weighted by Crippen LogP contribution is -2.48. The van der Waals surface area contributed by atoms with Crippen LogP contribution in [0.1, 0.15) is 56.0 Å². The van der Waals surface area contributed by atoms with Gasteiger partial charge in [-0.3, -0.25) is 4.79 Å². The Morgan fingerprint density at radius 1 is 0.980 bits per heavy atom. The lowest BCUT2D eigenvalue weighted by molar-refractivity contribution is -0.00834. The molecule has 0 unspecified atom stereocenters. The van der Waals surface area contributed by atoms with Gasteiger partial charge in [-0.2, -0.15) is 4.31 Å². The van der Waals surface area contributed by atoms with Crippen molar-refractivity contribution in [3.63, 3.8) is 0 Å². The molecule has 0 bridgehead atoms. The summed E-state index contributed by atoms with van der Waals surface area (Å²) in [7, 11) is -2.27. The van der Waals surface area contributed by atoms with Gasteiger partial charge in [0.1, 0.15) is 5.75 Å². The summed E-state index contributed by atoms with van der Waals surface area (Å²) in [6.45, 7) is 7.89. The molecule has 0 fully saturated rings. The molecule has 14 heteroatoms. The summed E-state index contributed by atoms with van der Waals surface area (Å²) in [5.41, 5.74) is 2.01. The van der Waals surface area contributed by atoms with Gasteiger partial charge in [-0.05, 0) is 82.5 Å². The van der Waals surface area contributed by atoms with E-state index in [1.807, 2.05) is 20.8 Å². The van der Waals surface area contributed by atoms with Gasteiger partial charge < -0.3 is 39.6 Å². The van der Waals surface area contributed by atoms with E-state index in [9.17, 15) is 23.1 Å².